The lowest BCUT2D eigenvalue weighted by molar-refractivity contribution is 0.157. The van der Waals surface area contributed by atoms with E-state index in [4.69, 9.17) is 0 Å². The first-order chi connectivity index (χ1) is 7.79. The average Bonchev–Trinajstić information content (AvgIpc) is 2.20. The topological polar surface area (TPSA) is 20.2 Å². The summed E-state index contributed by atoms with van der Waals surface area (Å²) in [5.74, 6) is -1.78. The number of aliphatic hydroxyl groups is 1. The minimum atomic E-state index is -0.905. The molecule has 0 aliphatic carbocycles. The zero-order chi connectivity index (χ0) is 13.1. The summed E-state index contributed by atoms with van der Waals surface area (Å²) in [5.41, 5.74) is 0.672. The summed E-state index contributed by atoms with van der Waals surface area (Å²) < 4.78 is 25.7. The molecular formula is C14H20F2O. The van der Waals surface area contributed by atoms with Gasteiger partial charge in [0.1, 0.15) is 0 Å². The second-order valence-corrected chi connectivity index (χ2v) is 5.64. The molecule has 0 fully saturated rings. The van der Waals surface area contributed by atoms with E-state index >= 15 is 0 Å². The van der Waals surface area contributed by atoms with Gasteiger partial charge in [-0.25, -0.2) is 8.78 Å². The van der Waals surface area contributed by atoms with Crippen LogP contribution in [0, 0.1) is 17.0 Å². The molecule has 0 bridgehead atoms. The molecule has 96 valence electrons. The molecule has 1 N–H and O–H groups in total. The van der Waals surface area contributed by atoms with Crippen molar-refractivity contribution in [3.8, 4) is 0 Å². The molecule has 1 unspecified atom stereocenters. The molecule has 3 heteroatoms. The van der Waals surface area contributed by atoms with Gasteiger partial charge in [0, 0.05) is 0 Å². The van der Waals surface area contributed by atoms with Crippen LogP contribution < -0.4 is 0 Å². The lowest BCUT2D eigenvalue weighted by Gasteiger charge is -2.19. The Morgan fingerprint density at radius 3 is 2.35 bits per heavy atom. The first-order valence-corrected chi connectivity index (χ1v) is 5.92. The molecule has 0 radical (unpaired) electrons. The first-order valence-electron chi connectivity index (χ1n) is 5.92. The van der Waals surface area contributed by atoms with Gasteiger partial charge in [0.2, 0.25) is 0 Å². The summed E-state index contributed by atoms with van der Waals surface area (Å²) in [4.78, 5) is 0. The van der Waals surface area contributed by atoms with Crippen LogP contribution >= 0.6 is 0 Å². The molecule has 0 heterocycles. The third-order valence-corrected chi connectivity index (χ3v) is 2.73. The Labute approximate surface area is 101 Å². The van der Waals surface area contributed by atoms with Crippen LogP contribution in [0.4, 0.5) is 8.78 Å². The third kappa shape index (κ3) is 4.82. The van der Waals surface area contributed by atoms with Gasteiger partial charge >= 0.3 is 0 Å². The van der Waals surface area contributed by atoms with E-state index in [0.29, 0.717) is 12.0 Å². The summed E-state index contributed by atoms with van der Waals surface area (Å²) in [6.07, 6.45) is 1.71. The SMILES string of the molecule is CC(C)(C)CCCC(O)c1ccc(F)c(F)c1. The molecule has 0 aromatic heterocycles. The highest BCUT2D eigenvalue weighted by atomic mass is 19.2. The summed E-state index contributed by atoms with van der Waals surface area (Å²) >= 11 is 0. The Balaban J connectivity index is 2.52. The molecule has 1 aromatic carbocycles. The Morgan fingerprint density at radius 2 is 1.82 bits per heavy atom. The van der Waals surface area contributed by atoms with Crippen LogP contribution in [0.3, 0.4) is 0 Å². The molecule has 0 spiro atoms. The van der Waals surface area contributed by atoms with Crippen molar-refractivity contribution in [1.82, 2.24) is 0 Å². The lowest BCUT2D eigenvalue weighted by atomic mass is 9.88. The number of benzene rings is 1. The highest BCUT2D eigenvalue weighted by molar-refractivity contribution is 5.19. The fraction of sp³-hybridized carbons (Fsp3) is 0.571. The molecule has 0 aliphatic rings. The quantitative estimate of drug-likeness (QED) is 0.838. The van der Waals surface area contributed by atoms with Crippen LogP contribution in [0.2, 0.25) is 0 Å². The molecule has 1 aromatic rings. The van der Waals surface area contributed by atoms with Crippen molar-refractivity contribution in [1.29, 1.82) is 0 Å². The van der Waals surface area contributed by atoms with Gasteiger partial charge in [-0.1, -0.05) is 33.3 Å². The zero-order valence-corrected chi connectivity index (χ0v) is 10.6. The fourth-order valence-corrected chi connectivity index (χ4v) is 1.71. The number of aliphatic hydroxyl groups excluding tert-OH is 1. The normalized spacial score (nSPS) is 13.8. The standard InChI is InChI=1S/C14H20F2O/c1-14(2,3)8-4-5-13(17)10-6-7-11(15)12(16)9-10/h6-7,9,13,17H,4-5,8H2,1-3H3. The van der Waals surface area contributed by atoms with E-state index < -0.39 is 17.7 Å². The van der Waals surface area contributed by atoms with Crippen molar-refractivity contribution in [2.75, 3.05) is 0 Å². The average molecular weight is 242 g/mol. The van der Waals surface area contributed by atoms with Gasteiger partial charge in [-0.3, -0.25) is 0 Å². The van der Waals surface area contributed by atoms with Crippen LogP contribution in [0.25, 0.3) is 0 Å². The van der Waals surface area contributed by atoms with Crippen molar-refractivity contribution in [3.63, 3.8) is 0 Å². The maximum atomic E-state index is 13.0. The van der Waals surface area contributed by atoms with Gasteiger partial charge < -0.3 is 5.11 Å². The Hall–Kier alpha value is -0.960. The largest absolute Gasteiger partial charge is 0.388 e. The Kier molecular flexibility index (Phi) is 4.63. The van der Waals surface area contributed by atoms with E-state index in [9.17, 15) is 13.9 Å². The lowest BCUT2D eigenvalue weighted by Crippen LogP contribution is -2.06. The van der Waals surface area contributed by atoms with E-state index in [2.05, 4.69) is 20.8 Å². The molecule has 0 saturated heterocycles. The maximum absolute atomic E-state index is 13.0. The van der Waals surface area contributed by atoms with E-state index in [0.717, 1.165) is 25.0 Å². The van der Waals surface area contributed by atoms with Crippen LogP contribution in [0.15, 0.2) is 18.2 Å². The minimum absolute atomic E-state index is 0.230. The van der Waals surface area contributed by atoms with Crippen molar-refractivity contribution in [2.45, 2.75) is 46.1 Å². The van der Waals surface area contributed by atoms with Gasteiger partial charge in [-0.05, 0) is 36.0 Å². The fourth-order valence-electron chi connectivity index (χ4n) is 1.71. The van der Waals surface area contributed by atoms with Crippen LogP contribution in [-0.2, 0) is 0 Å². The highest BCUT2D eigenvalue weighted by Crippen LogP contribution is 2.26. The highest BCUT2D eigenvalue weighted by Gasteiger charge is 2.14. The van der Waals surface area contributed by atoms with Crippen LogP contribution in [0.1, 0.15) is 51.7 Å². The smallest absolute Gasteiger partial charge is 0.159 e. The second kappa shape index (κ2) is 5.58. The number of halogens is 2. The second-order valence-electron chi connectivity index (χ2n) is 5.64. The first kappa shape index (κ1) is 14.1. The molecule has 0 saturated carbocycles. The number of rotatable bonds is 4. The van der Waals surface area contributed by atoms with Crippen LogP contribution in [-0.4, -0.2) is 5.11 Å². The molecule has 17 heavy (non-hydrogen) atoms. The minimum Gasteiger partial charge on any atom is -0.388 e. The monoisotopic (exact) mass is 242 g/mol. The van der Waals surface area contributed by atoms with Crippen molar-refractivity contribution in [3.05, 3.63) is 35.4 Å². The maximum Gasteiger partial charge on any atom is 0.159 e. The van der Waals surface area contributed by atoms with E-state index in [1.807, 2.05) is 0 Å². The van der Waals surface area contributed by atoms with Gasteiger partial charge in [0.25, 0.3) is 0 Å². The van der Waals surface area contributed by atoms with Crippen molar-refractivity contribution >= 4 is 0 Å². The molecule has 0 aliphatic heterocycles. The van der Waals surface area contributed by atoms with Gasteiger partial charge in [-0.15, -0.1) is 0 Å². The molecule has 0 amide bonds. The summed E-state index contributed by atoms with van der Waals surface area (Å²) in [5, 5.41) is 9.84. The predicted molar refractivity (Wildman–Crippen MR) is 64.6 cm³/mol. The van der Waals surface area contributed by atoms with Gasteiger partial charge in [0.15, 0.2) is 11.6 Å². The van der Waals surface area contributed by atoms with E-state index in [-0.39, 0.29) is 5.41 Å². The van der Waals surface area contributed by atoms with Crippen molar-refractivity contribution < 1.29 is 13.9 Å². The Bertz CT molecular complexity index is 369. The van der Waals surface area contributed by atoms with Gasteiger partial charge in [-0.2, -0.15) is 0 Å². The molecule has 1 rings (SSSR count). The zero-order valence-electron chi connectivity index (χ0n) is 10.6. The van der Waals surface area contributed by atoms with E-state index in [1.165, 1.54) is 6.07 Å². The molecular weight excluding hydrogens is 222 g/mol. The third-order valence-electron chi connectivity index (χ3n) is 2.73. The summed E-state index contributed by atoms with van der Waals surface area (Å²) in [6, 6.07) is 3.55. The predicted octanol–water partition coefficient (Wildman–Crippen LogP) is 4.21. The molecule has 1 nitrogen and oxygen atoms in total. The molecule has 1 atom stereocenters. The van der Waals surface area contributed by atoms with Gasteiger partial charge in [0.05, 0.1) is 6.10 Å². The van der Waals surface area contributed by atoms with E-state index in [1.54, 1.807) is 0 Å². The number of hydrogen-bond acceptors (Lipinski definition) is 1. The summed E-state index contributed by atoms with van der Waals surface area (Å²) in [6.45, 7) is 6.41. The number of hydrogen-bond donors (Lipinski definition) is 1. The summed E-state index contributed by atoms with van der Waals surface area (Å²) in [7, 11) is 0. The van der Waals surface area contributed by atoms with Crippen molar-refractivity contribution in [2.24, 2.45) is 5.41 Å². The Morgan fingerprint density at radius 1 is 1.18 bits per heavy atom. The van der Waals surface area contributed by atoms with Crippen LogP contribution in [0.5, 0.6) is 0 Å².